The zero-order valence-corrected chi connectivity index (χ0v) is 15.4. The van der Waals surface area contributed by atoms with Crippen LogP contribution in [-0.2, 0) is 4.79 Å². The van der Waals surface area contributed by atoms with Gasteiger partial charge in [-0.05, 0) is 48.9 Å². The maximum absolute atomic E-state index is 13.1. The molecule has 3 aromatic rings. The molecule has 0 spiro atoms. The minimum absolute atomic E-state index is 0.0550. The number of nitrogens with one attached hydrogen (secondary N) is 3. The van der Waals surface area contributed by atoms with Gasteiger partial charge in [-0.2, -0.15) is 5.10 Å². The first-order chi connectivity index (χ1) is 14.1. The standard InChI is InChI=1S/C21H18FN5O2/c22-13-7-5-12(6-8-13)16-10-17(26-25-16)20(28)23-14-9-19-21(29)24-15-3-1-2-4-18(15)27(19)11-14/h1-8,10,14,19H,9,11H2,(H,23,28)(H,24,29)(H,25,26). The second-order valence-corrected chi connectivity index (χ2v) is 7.25. The third-order valence-electron chi connectivity index (χ3n) is 5.37. The van der Waals surface area contributed by atoms with Gasteiger partial charge in [0.25, 0.3) is 5.91 Å². The van der Waals surface area contributed by atoms with E-state index in [2.05, 4.69) is 20.8 Å². The van der Waals surface area contributed by atoms with E-state index in [1.54, 1.807) is 18.2 Å². The first kappa shape index (κ1) is 17.4. The van der Waals surface area contributed by atoms with Gasteiger partial charge in [0, 0.05) is 18.2 Å². The zero-order chi connectivity index (χ0) is 20.0. The molecule has 0 saturated carbocycles. The second kappa shape index (κ2) is 6.73. The van der Waals surface area contributed by atoms with Crippen LogP contribution in [0.5, 0.6) is 0 Å². The Morgan fingerprint density at radius 1 is 1.17 bits per heavy atom. The summed E-state index contributed by atoms with van der Waals surface area (Å²) in [5.41, 5.74) is 3.35. The zero-order valence-electron chi connectivity index (χ0n) is 15.4. The van der Waals surface area contributed by atoms with Crippen molar-refractivity contribution in [1.82, 2.24) is 15.5 Å². The Morgan fingerprint density at radius 3 is 2.79 bits per heavy atom. The molecule has 7 nitrogen and oxygen atoms in total. The second-order valence-electron chi connectivity index (χ2n) is 7.25. The van der Waals surface area contributed by atoms with E-state index in [9.17, 15) is 14.0 Å². The molecule has 1 fully saturated rings. The van der Waals surface area contributed by atoms with E-state index >= 15 is 0 Å². The number of fused-ring (bicyclic) bond motifs is 3. The van der Waals surface area contributed by atoms with Crippen LogP contribution in [0.15, 0.2) is 54.6 Å². The SMILES string of the molecule is O=C(NC1CC2C(=O)Nc3ccccc3N2C1)c1cc(-c2ccc(F)cc2)n[nH]1. The fourth-order valence-electron chi connectivity index (χ4n) is 3.97. The summed E-state index contributed by atoms with van der Waals surface area (Å²) in [5, 5.41) is 12.8. The number of halogens is 1. The third-order valence-corrected chi connectivity index (χ3v) is 5.37. The molecule has 2 aliphatic rings. The van der Waals surface area contributed by atoms with Gasteiger partial charge >= 0.3 is 0 Å². The Bertz CT molecular complexity index is 1090. The van der Waals surface area contributed by atoms with Crippen LogP contribution in [0.3, 0.4) is 0 Å². The number of benzene rings is 2. The molecular formula is C21H18FN5O2. The number of hydrogen-bond donors (Lipinski definition) is 3. The van der Waals surface area contributed by atoms with Gasteiger partial charge in [0.05, 0.1) is 17.1 Å². The lowest BCUT2D eigenvalue weighted by molar-refractivity contribution is -0.117. The monoisotopic (exact) mass is 391 g/mol. The lowest BCUT2D eigenvalue weighted by atomic mass is 10.1. The fourth-order valence-corrected chi connectivity index (χ4v) is 3.97. The van der Waals surface area contributed by atoms with E-state index in [-0.39, 0.29) is 29.7 Å². The molecule has 8 heteroatoms. The summed E-state index contributed by atoms with van der Waals surface area (Å²) in [6.07, 6.45) is 0.533. The smallest absolute Gasteiger partial charge is 0.269 e. The van der Waals surface area contributed by atoms with E-state index in [4.69, 9.17) is 0 Å². The number of aromatic nitrogens is 2. The van der Waals surface area contributed by atoms with E-state index in [0.29, 0.717) is 29.9 Å². The summed E-state index contributed by atoms with van der Waals surface area (Å²) >= 11 is 0. The van der Waals surface area contributed by atoms with E-state index in [0.717, 1.165) is 11.4 Å². The molecule has 146 valence electrons. The maximum atomic E-state index is 13.1. The highest BCUT2D eigenvalue weighted by atomic mass is 19.1. The minimum atomic E-state index is -0.328. The Labute approximate surface area is 165 Å². The normalized spacial score (nSPS) is 20.0. The van der Waals surface area contributed by atoms with Crippen LogP contribution in [0.1, 0.15) is 16.9 Å². The van der Waals surface area contributed by atoms with Crippen LogP contribution < -0.4 is 15.5 Å². The van der Waals surface area contributed by atoms with Crippen LogP contribution in [0.4, 0.5) is 15.8 Å². The fraction of sp³-hybridized carbons (Fsp3) is 0.190. The summed E-state index contributed by atoms with van der Waals surface area (Å²) in [6.45, 7) is 0.555. The summed E-state index contributed by atoms with van der Waals surface area (Å²) in [5.74, 6) is -0.671. The number of anilines is 2. The molecule has 3 N–H and O–H groups in total. The largest absolute Gasteiger partial charge is 0.356 e. The number of hydrogen-bond acceptors (Lipinski definition) is 4. The van der Waals surface area contributed by atoms with Crippen molar-refractivity contribution in [2.24, 2.45) is 0 Å². The van der Waals surface area contributed by atoms with Crippen molar-refractivity contribution in [1.29, 1.82) is 0 Å². The molecule has 5 rings (SSSR count). The van der Waals surface area contributed by atoms with Gasteiger partial charge in [0.2, 0.25) is 5.91 Å². The molecule has 1 saturated heterocycles. The van der Waals surface area contributed by atoms with E-state index in [1.165, 1.54) is 12.1 Å². The average molecular weight is 391 g/mol. The lowest BCUT2D eigenvalue weighted by Gasteiger charge is -2.32. The van der Waals surface area contributed by atoms with Crippen LogP contribution in [0.25, 0.3) is 11.3 Å². The van der Waals surface area contributed by atoms with Gasteiger partial charge in [-0.25, -0.2) is 4.39 Å². The van der Waals surface area contributed by atoms with Crippen molar-refractivity contribution in [2.75, 3.05) is 16.8 Å². The van der Waals surface area contributed by atoms with Crippen LogP contribution in [0, 0.1) is 5.82 Å². The van der Waals surface area contributed by atoms with E-state index < -0.39 is 0 Å². The topological polar surface area (TPSA) is 90.1 Å². The van der Waals surface area contributed by atoms with Crippen molar-refractivity contribution >= 4 is 23.2 Å². The third kappa shape index (κ3) is 3.12. The molecule has 2 aliphatic heterocycles. The quantitative estimate of drug-likeness (QED) is 0.640. The molecule has 2 amide bonds. The average Bonchev–Trinajstić information content (AvgIpc) is 3.37. The Kier molecular flexibility index (Phi) is 4.04. The first-order valence-corrected chi connectivity index (χ1v) is 9.37. The Balaban J connectivity index is 1.30. The molecular weight excluding hydrogens is 373 g/mol. The van der Waals surface area contributed by atoms with Crippen LogP contribution >= 0.6 is 0 Å². The van der Waals surface area contributed by atoms with Crippen molar-refractivity contribution in [3.8, 4) is 11.3 Å². The van der Waals surface area contributed by atoms with Crippen LogP contribution in [0.2, 0.25) is 0 Å². The number of nitrogens with zero attached hydrogens (tertiary/aromatic N) is 2. The number of para-hydroxylation sites is 2. The summed E-state index contributed by atoms with van der Waals surface area (Å²) in [4.78, 5) is 27.1. The number of rotatable bonds is 3. The molecule has 2 atom stereocenters. The highest BCUT2D eigenvalue weighted by molar-refractivity contribution is 6.04. The number of carbonyl (C=O) groups excluding carboxylic acids is 2. The van der Waals surface area contributed by atoms with Gasteiger partial charge in [-0.3, -0.25) is 14.7 Å². The lowest BCUT2D eigenvalue weighted by Crippen LogP contribution is -2.44. The molecule has 0 aliphatic carbocycles. The Morgan fingerprint density at radius 2 is 1.97 bits per heavy atom. The van der Waals surface area contributed by atoms with Gasteiger partial charge < -0.3 is 15.5 Å². The van der Waals surface area contributed by atoms with Gasteiger partial charge in [0.1, 0.15) is 17.6 Å². The van der Waals surface area contributed by atoms with Crippen LogP contribution in [-0.4, -0.2) is 40.6 Å². The molecule has 0 bridgehead atoms. The van der Waals surface area contributed by atoms with Gasteiger partial charge in [-0.1, -0.05) is 12.1 Å². The van der Waals surface area contributed by atoms with Crippen molar-refractivity contribution in [2.45, 2.75) is 18.5 Å². The molecule has 2 unspecified atom stereocenters. The summed E-state index contributed by atoms with van der Waals surface area (Å²) in [6, 6.07) is 14.7. The number of amides is 2. The predicted octanol–water partition coefficient (Wildman–Crippen LogP) is 2.55. The molecule has 3 heterocycles. The number of aromatic amines is 1. The molecule has 29 heavy (non-hydrogen) atoms. The molecule has 1 aromatic heterocycles. The van der Waals surface area contributed by atoms with Crippen molar-refractivity contribution < 1.29 is 14.0 Å². The first-order valence-electron chi connectivity index (χ1n) is 9.37. The number of H-pyrrole nitrogens is 1. The Hall–Kier alpha value is -3.68. The highest BCUT2D eigenvalue weighted by Crippen LogP contribution is 2.36. The highest BCUT2D eigenvalue weighted by Gasteiger charge is 2.41. The number of carbonyl (C=O) groups is 2. The van der Waals surface area contributed by atoms with Crippen molar-refractivity contribution in [3.63, 3.8) is 0 Å². The minimum Gasteiger partial charge on any atom is -0.356 e. The molecule has 2 aromatic carbocycles. The maximum Gasteiger partial charge on any atom is 0.269 e. The summed E-state index contributed by atoms with van der Waals surface area (Å²) in [7, 11) is 0. The predicted molar refractivity (Wildman–Crippen MR) is 106 cm³/mol. The van der Waals surface area contributed by atoms with E-state index in [1.807, 2.05) is 29.2 Å². The van der Waals surface area contributed by atoms with Gasteiger partial charge in [0.15, 0.2) is 0 Å². The summed E-state index contributed by atoms with van der Waals surface area (Å²) < 4.78 is 13.1. The van der Waals surface area contributed by atoms with Crippen molar-refractivity contribution in [3.05, 3.63) is 66.1 Å². The molecule has 0 radical (unpaired) electrons. The van der Waals surface area contributed by atoms with Gasteiger partial charge in [-0.15, -0.1) is 0 Å².